The average molecular weight is 564 g/mol. The van der Waals surface area contributed by atoms with E-state index in [4.69, 9.17) is 14.2 Å². The van der Waals surface area contributed by atoms with Gasteiger partial charge < -0.3 is 24.4 Å². The number of rotatable bonds is 13. The van der Waals surface area contributed by atoms with Gasteiger partial charge in [-0.05, 0) is 87.6 Å². The molecular formula is C33H42FN3O4. The molecule has 2 aromatic carbocycles. The Hall–Kier alpha value is -3.65. The van der Waals surface area contributed by atoms with Crippen molar-refractivity contribution in [2.24, 2.45) is 11.8 Å². The van der Waals surface area contributed by atoms with E-state index < -0.39 is 5.82 Å². The Kier molecular flexibility index (Phi) is 11.0. The number of piperidine rings is 1. The van der Waals surface area contributed by atoms with Gasteiger partial charge >= 0.3 is 0 Å². The summed E-state index contributed by atoms with van der Waals surface area (Å²) in [5, 5.41) is 2.85. The Morgan fingerprint density at radius 2 is 1.85 bits per heavy atom. The molecule has 1 N–H and O–H groups in total. The Bertz CT molecular complexity index is 1270. The summed E-state index contributed by atoms with van der Waals surface area (Å²) in [6.45, 7) is 10.2. The van der Waals surface area contributed by atoms with Crippen LogP contribution in [0.4, 0.5) is 4.39 Å². The fourth-order valence-electron chi connectivity index (χ4n) is 4.74. The SMILES string of the molecule is CCOc1ccc(-c2ccc(CC(=O)NCc3cc(F)cc(OCC(C)C)c3)nc2)c(OCC2CCN(C)CC2)c1. The van der Waals surface area contributed by atoms with Crippen molar-refractivity contribution in [1.82, 2.24) is 15.2 Å². The summed E-state index contributed by atoms with van der Waals surface area (Å²) in [6, 6.07) is 14.2. The standard InChI is InChI=1S/C33H42FN3O4/c1-5-39-29-8-9-31(32(18-29)41-22-24-10-12-37(4)13-11-24)26-6-7-28(35-20-26)17-33(38)36-19-25-14-27(34)16-30(15-25)40-21-23(2)3/h6-9,14-16,18,20,23-24H,5,10-13,17,19,21-22H2,1-4H3,(H,36,38). The number of nitrogens with zero attached hydrogens (tertiary/aromatic N) is 2. The van der Waals surface area contributed by atoms with E-state index in [2.05, 4.69) is 22.2 Å². The van der Waals surface area contributed by atoms with Gasteiger partial charge in [0.1, 0.15) is 23.1 Å². The number of halogens is 1. The van der Waals surface area contributed by atoms with E-state index in [1.54, 1.807) is 12.3 Å². The number of aromatic nitrogens is 1. The molecule has 0 aliphatic carbocycles. The van der Waals surface area contributed by atoms with E-state index in [-0.39, 0.29) is 18.9 Å². The van der Waals surface area contributed by atoms with Crippen LogP contribution in [0.2, 0.25) is 0 Å². The van der Waals surface area contributed by atoms with Crippen molar-refractivity contribution < 1.29 is 23.4 Å². The van der Waals surface area contributed by atoms with Crippen molar-refractivity contribution in [1.29, 1.82) is 0 Å². The summed E-state index contributed by atoms with van der Waals surface area (Å²) in [4.78, 5) is 19.5. The summed E-state index contributed by atoms with van der Waals surface area (Å²) < 4.78 is 31.7. The van der Waals surface area contributed by atoms with Gasteiger partial charge in [0.25, 0.3) is 0 Å². The minimum absolute atomic E-state index is 0.120. The fraction of sp³-hybridized carbons (Fsp3) is 0.455. The van der Waals surface area contributed by atoms with Crippen LogP contribution in [0.3, 0.4) is 0 Å². The minimum atomic E-state index is -0.392. The van der Waals surface area contributed by atoms with Crippen molar-refractivity contribution in [2.45, 2.75) is 46.6 Å². The molecule has 41 heavy (non-hydrogen) atoms. The molecule has 1 aliphatic rings. The third-order valence-corrected chi connectivity index (χ3v) is 7.06. The lowest BCUT2D eigenvalue weighted by atomic mass is 9.98. The summed E-state index contributed by atoms with van der Waals surface area (Å²) in [6.07, 6.45) is 4.14. The van der Waals surface area contributed by atoms with Gasteiger partial charge in [-0.2, -0.15) is 0 Å². The molecule has 1 aromatic heterocycles. The highest BCUT2D eigenvalue weighted by atomic mass is 19.1. The number of benzene rings is 2. The van der Waals surface area contributed by atoms with E-state index in [9.17, 15) is 9.18 Å². The quantitative estimate of drug-likeness (QED) is 0.279. The lowest BCUT2D eigenvalue weighted by molar-refractivity contribution is -0.120. The fourth-order valence-corrected chi connectivity index (χ4v) is 4.74. The first-order valence-corrected chi connectivity index (χ1v) is 14.5. The van der Waals surface area contributed by atoms with Crippen molar-refractivity contribution >= 4 is 5.91 Å². The zero-order valence-corrected chi connectivity index (χ0v) is 24.6. The molecule has 1 amide bonds. The molecule has 7 nitrogen and oxygen atoms in total. The zero-order valence-electron chi connectivity index (χ0n) is 24.6. The molecule has 0 bridgehead atoms. The molecule has 4 rings (SSSR count). The predicted molar refractivity (Wildman–Crippen MR) is 159 cm³/mol. The van der Waals surface area contributed by atoms with Gasteiger partial charge in [-0.3, -0.25) is 9.78 Å². The number of hydrogen-bond acceptors (Lipinski definition) is 6. The molecule has 0 radical (unpaired) electrons. The second kappa shape index (κ2) is 14.8. The van der Waals surface area contributed by atoms with E-state index in [1.807, 2.05) is 51.1 Å². The smallest absolute Gasteiger partial charge is 0.226 e. The predicted octanol–water partition coefficient (Wildman–Crippen LogP) is 5.90. The molecule has 1 saturated heterocycles. The van der Waals surface area contributed by atoms with Gasteiger partial charge in [0.2, 0.25) is 5.91 Å². The van der Waals surface area contributed by atoms with E-state index in [0.717, 1.165) is 48.6 Å². The zero-order chi connectivity index (χ0) is 29.2. The van der Waals surface area contributed by atoms with Gasteiger partial charge in [0, 0.05) is 41.7 Å². The van der Waals surface area contributed by atoms with Crippen LogP contribution in [0.5, 0.6) is 17.2 Å². The summed E-state index contributed by atoms with van der Waals surface area (Å²) in [7, 11) is 2.16. The molecule has 3 aromatic rings. The Morgan fingerprint density at radius 1 is 1.05 bits per heavy atom. The highest BCUT2D eigenvalue weighted by molar-refractivity contribution is 5.78. The second-order valence-electron chi connectivity index (χ2n) is 11.1. The first-order chi connectivity index (χ1) is 19.8. The van der Waals surface area contributed by atoms with E-state index in [0.29, 0.717) is 48.7 Å². The molecule has 0 saturated carbocycles. The number of pyridine rings is 1. The van der Waals surface area contributed by atoms with Crippen LogP contribution in [0.15, 0.2) is 54.7 Å². The van der Waals surface area contributed by atoms with E-state index >= 15 is 0 Å². The number of ether oxygens (including phenoxy) is 3. The first kappa shape index (κ1) is 30.3. The maximum absolute atomic E-state index is 14.0. The van der Waals surface area contributed by atoms with Gasteiger partial charge in [0.15, 0.2) is 0 Å². The Balaban J connectivity index is 1.37. The van der Waals surface area contributed by atoms with Crippen molar-refractivity contribution in [3.63, 3.8) is 0 Å². The number of likely N-dealkylation sites (tertiary alicyclic amines) is 1. The molecule has 1 aliphatic heterocycles. The monoisotopic (exact) mass is 563 g/mol. The van der Waals surface area contributed by atoms with Gasteiger partial charge in [-0.25, -0.2) is 4.39 Å². The van der Waals surface area contributed by atoms with Gasteiger partial charge in [-0.1, -0.05) is 19.9 Å². The normalized spacial score (nSPS) is 14.2. The molecule has 2 heterocycles. The van der Waals surface area contributed by atoms with Gasteiger partial charge in [0.05, 0.1) is 26.2 Å². The molecule has 8 heteroatoms. The van der Waals surface area contributed by atoms with Crippen LogP contribution in [0.1, 0.15) is 44.9 Å². The highest BCUT2D eigenvalue weighted by Gasteiger charge is 2.19. The van der Waals surface area contributed by atoms with Crippen LogP contribution in [0, 0.1) is 17.7 Å². The maximum Gasteiger partial charge on any atom is 0.226 e. The molecule has 0 atom stereocenters. The van der Waals surface area contributed by atoms with Crippen molar-refractivity contribution in [3.8, 4) is 28.4 Å². The van der Waals surface area contributed by atoms with Crippen LogP contribution < -0.4 is 19.5 Å². The molecule has 0 spiro atoms. The van der Waals surface area contributed by atoms with E-state index in [1.165, 1.54) is 12.1 Å². The third kappa shape index (κ3) is 9.46. The average Bonchev–Trinajstić information content (AvgIpc) is 2.95. The van der Waals surface area contributed by atoms with Crippen molar-refractivity contribution in [3.05, 3.63) is 71.8 Å². The highest BCUT2D eigenvalue weighted by Crippen LogP contribution is 2.34. The summed E-state index contributed by atoms with van der Waals surface area (Å²) in [5.74, 6) is 2.28. The minimum Gasteiger partial charge on any atom is -0.494 e. The summed E-state index contributed by atoms with van der Waals surface area (Å²) in [5.41, 5.74) is 3.13. The van der Waals surface area contributed by atoms with Gasteiger partial charge in [-0.15, -0.1) is 0 Å². The van der Waals surface area contributed by atoms with Crippen LogP contribution in [-0.2, 0) is 17.8 Å². The molecular weight excluding hydrogens is 521 g/mol. The number of carbonyl (C=O) groups excluding carboxylic acids is 1. The third-order valence-electron chi connectivity index (χ3n) is 7.06. The molecule has 0 unspecified atom stereocenters. The molecule has 220 valence electrons. The Morgan fingerprint density at radius 3 is 2.56 bits per heavy atom. The second-order valence-corrected chi connectivity index (χ2v) is 11.1. The van der Waals surface area contributed by atoms with Crippen molar-refractivity contribution in [2.75, 3.05) is 40.0 Å². The largest absolute Gasteiger partial charge is 0.494 e. The Labute approximate surface area is 243 Å². The van der Waals surface area contributed by atoms with Crippen LogP contribution >= 0.6 is 0 Å². The topological polar surface area (TPSA) is 72.9 Å². The lowest BCUT2D eigenvalue weighted by Crippen LogP contribution is -2.32. The number of hydrogen-bond donors (Lipinski definition) is 1. The van der Waals surface area contributed by atoms with Crippen LogP contribution in [0.25, 0.3) is 11.1 Å². The lowest BCUT2D eigenvalue weighted by Gasteiger charge is -2.29. The van der Waals surface area contributed by atoms with Crippen LogP contribution in [-0.4, -0.2) is 55.7 Å². The maximum atomic E-state index is 14.0. The summed E-state index contributed by atoms with van der Waals surface area (Å²) >= 11 is 0. The number of nitrogens with one attached hydrogen (secondary N) is 1. The number of amides is 1. The first-order valence-electron chi connectivity index (χ1n) is 14.5. The number of carbonyl (C=O) groups is 1. The molecule has 1 fully saturated rings.